The van der Waals surface area contributed by atoms with Gasteiger partial charge in [-0.2, -0.15) is 0 Å². The van der Waals surface area contributed by atoms with E-state index in [9.17, 15) is 9.59 Å². The molecule has 1 saturated heterocycles. The van der Waals surface area contributed by atoms with E-state index in [0.29, 0.717) is 18.0 Å². The van der Waals surface area contributed by atoms with Gasteiger partial charge in [0.2, 0.25) is 5.91 Å². The fourth-order valence-electron chi connectivity index (χ4n) is 2.76. The number of halogens is 1. The van der Waals surface area contributed by atoms with Crippen LogP contribution in [0.4, 0.5) is 0 Å². The molecule has 0 aromatic heterocycles. The van der Waals surface area contributed by atoms with Gasteiger partial charge in [0.05, 0.1) is 12.6 Å². The number of carbonyl (C=O) groups excluding carboxylic acids is 1. The summed E-state index contributed by atoms with van der Waals surface area (Å²) in [6.45, 7) is 2.75. The van der Waals surface area contributed by atoms with Crippen molar-refractivity contribution in [1.29, 1.82) is 0 Å². The lowest BCUT2D eigenvalue weighted by molar-refractivity contribution is -0.143. The number of carboxylic acids is 1. The van der Waals surface area contributed by atoms with E-state index in [1.54, 1.807) is 29.0 Å². The molecule has 0 spiro atoms. The first-order valence-corrected chi connectivity index (χ1v) is 7.76. The molecular weight excluding hydrogens is 304 g/mol. The molecule has 0 bridgehead atoms. The van der Waals surface area contributed by atoms with Gasteiger partial charge in [-0.25, -0.2) is 0 Å². The maximum Gasteiger partial charge on any atom is 0.320 e. The molecule has 1 heterocycles. The second kappa shape index (κ2) is 7.11. The minimum atomic E-state index is -0.848. The number of benzene rings is 1. The van der Waals surface area contributed by atoms with Gasteiger partial charge in [0.15, 0.2) is 0 Å². The predicted molar refractivity (Wildman–Crippen MR) is 84.9 cm³/mol. The second-order valence-corrected chi connectivity index (χ2v) is 6.14. The van der Waals surface area contributed by atoms with E-state index in [1.807, 2.05) is 19.1 Å². The average Bonchev–Trinajstić information content (AvgIpc) is 2.94. The zero-order valence-corrected chi connectivity index (χ0v) is 13.6. The van der Waals surface area contributed by atoms with Crippen LogP contribution in [0.3, 0.4) is 0 Å². The molecule has 5 nitrogen and oxygen atoms in total. The predicted octanol–water partition coefficient (Wildman–Crippen LogP) is 2.41. The molecule has 0 saturated carbocycles. The van der Waals surface area contributed by atoms with Crippen LogP contribution in [0.1, 0.15) is 31.4 Å². The smallest absolute Gasteiger partial charge is 0.320 e. The third-order valence-electron chi connectivity index (χ3n) is 4.31. The highest BCUT2D eigenvalue weighted by atomic mass is 35.5. The van der Waals surface area contributed by atoms with E-state index >= 15 is 0 Å². The monoisotopic (exact) mass is 324 g/mol. The molecule has 0 aliphatic carbocycles. The van der Waals surface area contributed by atoms with Crippen molar-refractivity contribution in [2.24, 2.45) is 0 Å². The lowest BCUT2D eigenvalue weighted by Crippen LogP contribution is -2.44. The number of rotatable bonds is 5. The normalized spacial score (nSPS) is 19.9. The van der Waals surface area contributed by atoms with Gasteiger partial charge in [0, 0.05) is 12.1 Å². The molecule has 22 heavy (non-hydrogen) atoms. The number of carbonyl (C=O) groups is 2. The number of carboxylic acid groups (broad SMARTS) is 1. The summed E-state index contributed by atoms with van der Waals surface area (Å²) in [6.07, 6.45) is 1.43. The van der Waals surface area contributed by atoms with E-state index in [2.05, 4.69) is 0 Å². The van der Waals surface area contributed by atoms with Crippen LogP contribution in [0.25, 0.3) is 0 Å². The number of hydrogen-bond acceptors (Lipinski definition) is 3. The van der Waals surface area contributed by atoms with Gasteiger partial charge in [0.25, 0.3) is 0 Å². The van der Waals surface area contributed by atoms with Gasteiger partial charge < -0.3 is 10.0 Å². The number of likely N-dealkylation sites (tertiary alicyclic amines) is 1. The molecule has 2 atom stereocenters. The Bertz CT molecular complexity index is 547. The van der Waals surface area contributed by atoms with Gasteiger partial charge in [0.1, 0.15) is 6.04 Å². The molecule has 1 aromatic rings. The summed E-state index contributed by atoms with van der Waals surface area (Å²) in [5, 5.41) is 9.83. The summed E-state index contributed by atoms with van der Waals surface area (Å²) in [6, 6.07) is 6.76. The molecule has 0 radical (unpaired) electrons. The van der Waals surface area contributed by atoms with Gasteiger partial charge in [-0.1, -0.05) is 23.7 Å². The Morgan fingerprint density at radius 1 is 1.41 bits per heavy atom. The molecule has 1 N–H and O–H groups in total. The van der Waals surface area contributed by atoms with Crippen molar-refractivity contribution in [2.45, 2.75) is 31.8 Å². The van der Waals surface area contributed by atoms with Gasteiger partial charge in [-0.3, -0.25) is 14.5 Å². The molecular formula is C16H21ClN2O3. The maximum absolute atomic E-state index is 12.4. The molecule has 6 heteroatoms. The van der Waals surface area contributed by atoms with Crippen molar-refractivity contribution in [3.05, 3.63) is 34.9 Å². The Morgan fingerprint density at radius 3 is 2.64 bits per heavy atom. The molecule has 1 amide bonds. The number of likely N-dealkylation sites (N-methyl/N-ethyl adjacent to an activating group) is 1. The van der Waals surface area contributed by atoms with Crippen LogP contribution >= 0.6 is 11.6 Å². The molecule has 0 unspecified atom stereocenters. The van der Waals surface area contributed by atoms with Crippen molar-refractivity contribution < 1.29 is 14.7 Å². The first-order valence-electron chi connectivity index (χ1n) is 7.38. The highest BCUT2D eigenvalue weighted by Crippen LogP contribution is 2.22. The average molecular weight is 325 g/mol. The first kappa shape index (κ1) is 16.8. The van der Waals surface area contributed by atoms with Crippen molar-refractivity contribution in [1.82, 2.24) is 9.80 Å². The zero-order valence-electron chi connectivity index (χ0n) is 12.8. The Labute approximate surface area is 135 Å². The minimum Gasteiger partial charge on any atom is -0.480 e. The topological polar surface area (TPSA) is 60.9 Å². The SMILES string of the molecule is C[C@H](c1ccc(Cl)cc1)N(C)C(=O)CN1CCC[C@H]1C(=O)O. The van der Waals surface area contributed by atoms with Crippen molar-refractivity contribution >= 4 is 23.5 Å². The lowest BCUT2D eigenvalue weighted by Gasteiger charge is -2.28. The van der Waals surface area contributed by atoms with Crippen LogP contribution in [-0.2, 0) is 9.59 Å². The summed E-state index contributed by atoms with van der Waals surface area (Å²) in [5.74, 6) is -0.922. The van der Waals surface area contributed by atoms with E-state index in [-0.39, 0.29) is 18.5 Å². The summed E-state index contributed by atoms with van der Waals surface area (Å²) in [5.41, 5.74) is 0.997. The van der Waals surface area contributed by atoms with E-state index in [4.69, 9.17) is 16.7 Å². The molecule has 2 rings (SSSR count). The highest BCUT2D eigenvalue weighted by molar-refractivity contribution is 6.30. The number of amides is 1. The van der Waals surface area contributed by atoms with E-state index in [0.717, 1.165) is 12.0 Å². The number of hydrogen-bond donors (Lipinski definition) is 1. The zero-order chi connectivity index (χ0) is 16.3. The molecule has 1 aliphatic heterocycles. The Balaban J connectivity index is 1.99. The fourth-order valence-corrected chi connectivity index (χ4v) is 2.89. The summed E-state index contributed by atoms with van der Waals surface area (Å²) >= 11 is 5.87. The van der Waals surface area contributed by atoms with Crippen LogP contribution in [0, 0.1) is 0 Å². The van der Waals surface area contributed by atoms with E-state index in [1.165, 1.54) is 0 Å². The Kier molecular flexibility index (Phi) is 5.42. The summed E-state index contributed by atoms with van der Waals surface area (Å²) < 4.78 is 0. The summed E-state index contributed by atoms with van der Waals surface area (Å²) in [4.78, 5) is 27.0. The van der Waals surface area contributed by atoms with Crippen LogP contribution in [0.5, 0.6) is 0 Å². The van der Waals surface area contributed by atoms with Crippen LogP contribution in [0.2, 0.25) is 5.02 Å². The molecule has 120 valence electrons. The molecule has 1 aromatic carbocycles. The van der Waals surface area contributed by atoms with Crippen LogP contribution in [0.15, 0.2) is 24.3 Å². The highest BCUT2D eigenvalue weighted by Gasteiger charge is 2.32. The van der Waals surface area contributed by atoms with Gasteiger partial charge in [-0.05, 0) is 44.0 Å². The number of aliphatic carboxylic acids is 1. The molecule has 1 aliphatic rings. The fraction of sp³-hybridized carbons (Fsp3) is 0.500. The maximum atomic E-state index is 12.4. The van der Waals surface area contributed by atoms with Crippen molar-refractivity contribution in [3.63, 3.8) is 0 Å². The van der Waals surface area contributed by atoms with Crippen molar-refractivity contribution in [3.8, 4) is 0 Å². The number of nitrogens with zero attached hydrogens (tertiary/aromatic N) is 2. The van der Waals surface area contributed by atoms with Gasteiger partial charge in [-0.15, -0.1) is 0 Å². The molecule has 1 fully saturated rings. The Morgan fingerprint density at radius 2 is 2.05 bits per heavy atom. The standard InChI is InChI=1S/C16H21ClN2O3/c1-11(12-5-7-13(17)8-6-12)18(2)15(20)10-19-9-3-4-14(19)16(21)22/h5-8,11,14H,3-4,9-10H2,1-2H3,(H,21,22)/t11-,14+/m1/s1. The van der Waals surface area contributed by atoms with Crippen molar-refractivity contribution in [2.75, 3.05) is 20.1 Å². The third kappa shape index (κ3) is 3.78. The van der Waals surface area contributed by atoms with Gasteiger partial charge >= 0.3 is 5.97 Å². The largest absolute Gasteiger partial charge is 0.480 e. The first-order chi connectivity index (χ1) is 10.4. The minimum absolute atomic E-state index is 0.0735. The third-order valence-corrected chi connectivity index (χ3v) is 4.57. The summed E-state index contributed by atoms with van der Waals surface area (Å²) in [7, 11) is 1.74. The van der Waals surface area contributed by atoms with E-state index < -0.39 is 12.0 Å². The second-order valence-electron chi connectivity index (χ2n) is 5.70. The lowest BCUT2D eigenvalue weighted by atomic mass is 10.1. The quantitative estimate of drug-likeness (QED) is 0.903. The van der Waals surface area contributed by atoms with Crippen LogP contribution < -0.4 is 0 Å². The Hall–Kier alpha value is -1.59. The van der Waals surface area contributed by atoms with Crippen LogP contribution in [-0.4, -0.2) is 53.0 Å².